The molecule has 0 unspecified atom stereocenters. The molecule has 0 aliphatic carbocycles. The van der Waals surface area contributed by atoms with E-state index in [1.54, 1.807) is 26.1 Å². The summed E-state index contributed by atoms with van der Waals surface area (Å²) in [5.41, 5.74) is 0.391. The Morgan fingerprint density at radius 1 is 1.20 bits per heavy atom. The molecule has 0 bridgehead atoms. The quantitative estimate of drug-likeness (QED) is 0.695. The summed E-state index contributed by atoms with van der Waals surface area (Å²) in [4.78, 5) is 11.6. The highest BCUT2D eigenvalue weighted by Crippen LogP contribution is 2.08. The van der Waals surface area contributed by atoms with Crippen LogP contribution in [0.2, 0.25) is 0 Å². The molecule has 0 fully saturated rings. The van der Waals surface area contributed by atoms with Gasteiger partial charge in [0.05, 0.1) is 11.4 Å². The maximum absolute atomic E-state index is 13.3. The second kappa shape index (κ2) is 3.38. The van der Waals surface area contributed by atoms with Crippen LogP contribution in [0.15, 0.2) is 35.1 Å². The molecule has 2 aromatic rings. The van der Waals surface area contributed by atoms with Crippen LogP contribution in [0, 0.1) is 12.7 Å². The van der Waals surface area contributed by atoms with Crippen LogP contribution in [0.5, 0.6) is 0 Å². The largest absolute Gasteiger partial charge is 0.307 e. The molecule has 78 valence electrons. The number of hydrogen-bond donors (Lipinski definition) is 0. The number of nitrogens with zero attached hydrogens (tertiary/aromatic N) is 2. The van der Waals surface area contributed by atoms with E-state index in [0.29, 0.717) is 11.4 Å². The highest BCUT2D eigenvalue weighted by molar-refractivity contribution is 5.31. The highest BCUT2D eigenvalue weighted by Gasteiger charge is 2.14. The number of rotatable bonds is 1. The number of aromatic nitrogens is 2. The number of para-hydroxylation sites is 1. The fourth-order valence-corrected chi connectivity index (χ4v) is 1.54. The van der Waals surface area contributed by atoms with E-state index in [4.69, 9.17) is 0 Å². The summed E-state index contributed by atoms with van der Waals surface area (Å²) in [6, 6.07) is 8.99. The molecule has 0 aliphatic heterocycles. The molecule has 1 aromatic carbocycles. The van der Waals surface area contributed by atoms with Gasteiger partial charge in [0.1, 0.15) is 0 Å². The summed E-state index contributed by atoms with van der Waals surface area (Å²) in [5.74, 6) is -0.693. The van der Waals surface area contributed by atoms with Crippen molar-refractivity contribution in [3.8, 4) is 5.69 Å². The van der Waals surface area contributed by atoms with E-state index in [0.717, 1.165) is 0 Å². The molecule has 1 heterocycles. The molecule has 0 radical (unpaired) electrons. The lowest BCUT2D eigenvalue weighted by Crippen LogP contribution is -2.20. The standard InChI is InChI=1S/C11H11FN2O/c1-8-10(12)11(15)14(13(8)2)9-6-4-3-5-7-9/h3-7H,1-2H3/i12-1. The van der Waals surface area contributed by atoms with Crippen LogP contribution in [0.3, 0.4) is 0 Å². The van der Waals surface area contributed by atoms with E-state index in [-0.39, 0.29) is 0 Å². The van der Waals surface area contributed by atoms with Crippen LogP contribution in [-0.2, 0) is 7.05 Å². The lowest BCUT2D eigenvalue weighted by Gasteiger charge is -2.06. The molecule has 0 saturated carbocycles. The lowest BCUT2D eigenvalue weighted by atomic mass is 10.3. The Bertz CT molecular complexity index is 540. The first-order valence-corrected chi connectivity index (χ1v) is 4.62. The molecule has 0 spiro atoms. The Hall–Kier alpha value is -1.84. The fourth-order valence-electron chi connectivity index (χ4n) is 1.54. The first-order valence-electron chi connectivity index (χ1n) is 4.62. The molecule has 0 saturated heterocycles. The highest BCUT2D eigenvalue weighted by atomic mass is 18.2. The van der Waals surface area contributed by atoms with E-state index >= 15 is 0 Å². The molecule has 0 N–H and O–H groups in total. The third kappa shape index (κ3) is 1.38. The van der Waals surface area contributed by atoms with Crippen molar-refractivity contribution < 1.29 is 4.39 Å². The van der Waals surface area contributed by atoms with Crippen molar-refractivity contribution in [2.45, 2.75) is 6.92 Å². The summed E-state index contributed by atoms with van der Waals surface area (Å²) in [6.07, 6.45) is 0. The first kappa shape index (κ1) is 9.71. The SMILES string of the molecule is Cc1c([18F])c(=O)n(-c2ccccc2)n1C. The summed E-state index contributed by atoms with van der Waals surface area (Å²) >= 11 is 0. The van der Waals surface area contributed by atoms with Crippen LogP contribution in [0.25, 0.3) is 5.69 Å². The van der Waals surface area contributed by atoms with Gasteiger partial charge >= 0.3 is 5.56 Å². The van der Waals surface area contributed by atoms with Gasteiger partial charge in [-0.2, -0.15) is 4.39 Å². The van der Waals surface area contributed by atoms with Crippen LogP contribution in [0.1, 0.15) is 5.69 Å². The van der Waals surface area contributed by atoms with E-state index in [9.17, 15) is 9.18 Å². The van der Waals surface area contributed by atoms with E-state index < -0.39 is 11.4 Å². The average Bonchev–Trinajstić information content (AvgIpc) is 2.45. The van der Waals surface area contributed by atoms with Crippen molar-refractivity contribution in [3.63, 3.8) is 0 Å². The molecule has 3 nitrogen and oxygen atoms in total. The Labute approximate surface area is 86.4 Å². The minimum Gasteiger partial charge on any atom is -0.282 e. The maximum Gasteiger partial charge on any atom is 0.307 e. The smallest absolute Gasteiger partial charge is 0.282 e. The lowest BCUT2D eigenvalue weighted by molar-refractivity contribution is 0.604. The first-order chi connectivity index (χ1) is 7.13. The maximum atomic E-state index is 13.3. The normalized spacial score (nSPS) is 10.6. The zero-order valence-electron chi connectivity index (χ0n) is 8.57. The van der Waals surface area contributed by atoms with Crippen molar-refractivity contribution in [1.29, 1.82) is 0 Å². The Balaban J connectivity index is 2.75. The Kier molecular flexibility index (Phi) is 2.19. The Morgan fingerprint density at radius 2 is 1.80 bits per heavy atom. The second-order valence-corrected chi connectivity index (χ2v) is 3.38. The van der Waals surface area contributed by atoms with E-state index in [1.807, 2.05) is 18.2 Å². The van der Waals surface area contributed by atoms with Gasteiger partial charge in [-0.15, -0.1) is 0 Å². The Morgan fingerprint density at radius 3 is 2.27 bits per heavy atom. The predicted molar refractivity (Wildman–Crippen MR) is 55.7 cm³/mol. The predicted octanol–water partition coefficient (Wildman–Crippen LogP) is 1.62. The van der Waals surface area contributed by atoms with E-state index in [2.05, 4.69) is 0 Å². The number of benzene rings is 1. The molecule has 0 atom stereocenters. The number of halogens is 1. The third-order valence-electron chi connectivity index (χ3n) is 2.48. The number of hydrogen-bond acceptors (Lipinski definition) is 1. The van der Waals surface area contributed by atoms with Crippen molar-refractivity contribution in [2.24, 2.45) is 7.05 Å². The molecule has 4 heteroatoms. The summed E-state index contributed by atoms with van der Waals surface area (Å²) < 4.78 is 16.2. The minimum atomic E-state index is -0.693. The molecule has 2 rings (SSSR count). The van der Waals surface area contributed by atoms with Gasteiger partial charge in [-0.25, -0.2) is 4.68 Å². The van der Waals surface area contributed by atoms with Gasteiger partial charge in [-0.1, -0.05) is 18.2 Å². The van der Waals surface area contributed by atoms with Crippen LogP contribution >= 0.6 is 0 Å². The van der Waals surface area contributed by atoms with Crippen molar-refractivity contribution in [1.82, 2.24) is 9.36 Å². The average molecular weight is 205 g/mol. The molecule has 15 heavy (non-hydrogen) atoms. The van der Waals surface area contributed by atoms with Gasteiger partial charge in [-0.05, 0) is 19.1 Å². The minimum absolute atomic E-state index is 0.337. The molecule has 0 amide bonds. The topological polar surface area (TPSA) is 26.9 Å². The van der Waals surface area contributed by atoms with Gasteiger partial charge in [0.25, 0.3) is 0 Å². The van der Waals surface area contributed by atoms with Gasteiger partial charge in [0, 0.05) is 7.05 Å². The molecule has 1 aromatic heterocycles. The molecular formula is C11H11FN2O. The summed E-state index contributed by atoms with van der Waals surface area (Å²) in [7, 11) is 1.66. The van der Waals surface area contributed by atoms with Crippen LogP contribution < -0.4 is 5.56 Å². The van der Waals surface area contributed by atoms with Crippen LogP contribution in [0.4, 0.5) is 4.39 Å². The molecule has 0 aliphatic rings. The zero-order valence-corrected chi connectivity index (χ0v) is 8.57. The van der Waals surface area contributed by atoms with E-state index in [1.165, 1.54) is 9.36 Å². The van der Waals surface area contributed by atoms with Crippen molar-refractivity contribution >= 4 is 0 Å². The van der Waals surface area contributed by atoms with Gasteiger partial charge in [0.15, 0.2) is 0 Å². The zero-order chi connectivity index (χ0) is 11.0. The van der Waals surface area contributed by atoms with Crippen molar-refractivity contribution in [3.05, 3.63) is 52.2 Å². The van der Waals surface area contributed by atoms with Crippen LogP contribution in [-0.4, -0.2) is 9.36 Å². The molecular weight excluding hydrogens is 194 g/mol. The summed E-state index contributed by atoms with van der Waals surface area (Å²) in [6.45, 7) is 1.58. The van der Waals surface area contributed by atoms with Gasteiger partial charge < -0.3 is 0 Å². The fraction of sp³-hybridized carbons (Fsp3) is 0.182. The monoisotopic (exact) mass is 205 g/mol. The third-order valence-corrected chi connectivity index (χ3v) is 2.48. The van der Waals surface area contributed by atoms with Gasteiger partial charge in [-0.3, -0.25) is 9.48 Å². The second-order valence-electron chi connectivity index (χ2n) is 3.38. The van der Waals surface area contributed by atoms with Gasteiger partial charge in [0.2, 0.25) is 5.82 Å². The summed E-state index contributed by atoms with van der Waals surface area (Å²) in [5, 5.41) is 0. The van der Waals surface area contributed by atoms with Crippen molar-refractivity contribution in [2.75, 3.05) is 0 Å².